The van der Waals surface area contributed by atoms with Crippen LogP contribution >= 0.6 is 11.3 Å². The third-order valence-corrected chi connectivity index (χ3v) is 5.62. The van der Waals surface area contributed by atoms with Crippen molar-refractivity contribution in [1.29, 1.82) is 0 Å². The Morgan fingerprint density at radius 2 is 2.22 bits per heavy atom. The van der Waals surface area contributed by atoms with E-state index in [0.29, 0.717) is 12.0 Å². The predicted molar refractivity (Wildman–Crippen MR) is 76.3 cm³/mol. The molecule has 0 radical (unpaired) electrons. The van der Waals surface area contributed by atoms with Gasteiger partial charge in [-0.15, -0.1) is 11.3 Å². The minimum Gasteiger partial charge on any atom is -0.381 e. The molecule has 1 fully saturated rings. The summed E-state index contributed by atoms with van der Waals surface area (Å²) in [6.45, 7) is 1.88. The summed E-state index contributed by atoms with van der Waals surface area (Å²) in [5.41, 5.74) is 1.62. The lowest BCUT2D eigenvalue weighted by molar-refractivity contribution is 0.0407. The van der Waals surface area contributed by atoms with Crippen LogP contribution in [0.5, 0.6) is 0 Å². The molecule has 3 heteroatoms. The number of aryl methyl sites for hydroxylation is 2. The minimum absolute atomic E-state index is 0.501. The van der Waals surface area contributed by atoms with Crippen LogP contribution in [0.15, 0.2) is 6.07 Å². The number of ether oxygens (including phenoxy) is 1. The zero-order chi connectivity index (χ0) is 12.4. The van der Waals surface area contributed by atoms with Gasteiger partial charge in [0.2, 0.25) is 0 Å². The maximum Gasteiger partial charge on any atom is 0.0512 e. The lowest BCUT2D eigenvalue weighted by atomic mass is 9.91. The first kappa shape index (κ1) is 12.6. The largest absolute Gasteiger partial charge is 0.381 e. The Balaban J connectivity index is 1.79. The molecule has 2 aliphatic rings. The van der Waals surface area contributed by atoms with E-state index in [2.05, 4.69) is 18.4 Å². The molecule has 18 heavy (non-hydrogen) atoms. The third kappa shape index (κ3) is 2.49. The summed E-state index contributed by atoms with van der Waals surface area (Å²) in [5, 5.41) is 3.53. The SMILES string of the molecule is CNC(c1cc2c(s1)CCCC2)C1CCCOC1. The Morgan fingerprint density at radius 3 is 2.94 bits per heavy atom. The molecule has 0 saturated carbocycles. The topological polar surface area (TPSA) is 21.3 Å². The Labute approximate surface area is 114 Å². The van der Waals surface area contributed by atoms with E-state index in [4.69, 9.17) is 4.74 Å². The molecule has 1 saturated heterocycles. The second kappa shape index (κ2) is 5.72. The highest BCUT2D eigenvalue weighted by Gasteiger charge is 2.27. The monoisotopic (exact) mass is 265 g/mol. The number of nitrogens with one attached hydrogen (secondary N) is 1. The Bertz CT molecular complexity index is 372. The van der Waals surface area contributed by atoms with E-state index in [9.17, 15) is 0 Å². The van der Waals surface area contributed by atoms with Gasteiger partial charge in [-0.1, -0.05) is 0 Å². The summed E-state index contributed by atoms with van der Waals surface area (Å²) >= 11 is 2.04. The lowest BCUT2D eigenvalue weighted by Gasteiger charge is -2.29. The van der Waals surface area contributed by atoms with Gasteiger partial charge >= 0.3 is 0 Å². The van der Waals surface area contributed by atoms with Crippen LogP contribution in [0, 0.1) is 5.92 Å². The van der Waals surface area contributed by atoms with Crippen molar-refractivity contribution >= 4 is 11.3 Å². The number of rotatable bonds is 3. The molecule has 0 aromatic carbocycles. The van der Waals surface area contributed by atoms with Gasteiger partial charge in [-0.25, -0.2) is 0 Å². The predicted octanol–water partition coefficient (Wildman–Crippen LogP) is 3.31. The average molecular weight is 265 g/mol. The summed E-state index contributed by atoms with van der Waals surface area (Å²) < 4.78 is 5.65. The van der Waals surface area contributed by atoms with Crippen molar-refractivity contribution in [1.82, 2.24) is 5.32 Å². The fourth-order valence-electron chi connectivity index (χ4n) is 3.31. The summed E-state index contributed by atoms with van der Waals surface area (Å²) in [7, 11) is 2.10. The van der Waals surface area contributed by atoms with Crippen molar-refractivity contribution < 1.29 is 4.74 Å². The number of hydrogen-bond acceptors (Lipinski definition) is 3. The molecule has 0 bridgehead atoms. The quantitative estimate of drug-likeness (QED) is 0.905. The molecular formula is C15H23NOS. The van der Waals surface area contributed by atoms with Crippen LogP contribution in [-0.4, -0.2) is 20.3 Å². The summed E-state index contributed by atoms with van der Waals surface area (Å²) in [6, 6.07) is 2.97. The summed E-state index contributed by atoms with van der Waals surface area (Å²) in [4.78, 5) is 3.19. The maximum absolute atomic E-state index is 5.65. The van der Waals surface area contributed by atoms with Gasteiger partial charge in [-0.3, -0.25) is 0 Å². The molecule has 2 unspecified atom stereocenters. The molecule has 1 aliphatic heterocycles. The second-order valence-electron chi connectivity index (χ2n) is 5.55. The van der Waals surface area contributed by atoms with Gasteiger partial charge in [-0.05, 0) is 57.2 Å². The van der Waals surface area contributed by atoms with E-state index in [1.807, 2.05) is 11.3 Å². The molecule has 1 aliphatic carbocycles. The highest BCUT2D eigenvalue weighted by Crippen LogP contribution is 2.37. The Hall–Kier alpha value is -0.380. The molecular weight excluding hydrogens is 242 g/mol. The van der Waals surface area contributed by atoms with Crippen LogP contribution in [-0.2, 0) is 17.6 Å². The molecule has 2 atom stereocenters. The molecule has 2 heterocycles. The fourth-order valence-corrected chi connectivity index (χ4v) is 4.77. The van der Waals surface area contributed by atoms with Crippen LogP contribution in [0.25, 0.3) is 0 Å². The normalized spacial score (nSPS) is 25.7. The molecule has 100 valence electrons. The van der Waals surface area contributed by atoms with Crippen LogP contribution < -0.4 is 5.32 Å². The van der Waals surface area contributed by atoms with E-state index in [0.717, 1.165) is 13.2 Å². The first-order valence-electron chi connectivity index (χ1n) is 7.25. The molecule has 0 amide bonds. The minimum atomic E-state index is 0.501. The molecule has 1 N–H and O–H groups in total. The van der Waals surface area contributed by atoms with E-state index in [1.54, 1.807) is 15.3 Å². The first-order chi connectivity index (χ1) is 8.88. The molecule has 3 rings (SSSR count). The van der Waals surface area contributed by atoms with Gasteiger partial charge in [0.15, 0.2) is 0 Å². The van der Waals surface area contributed by atoms with Crippen molar-refractivity contribution in [3.63, 3.8) is 0 Å². The van der Waals surface area contributed by atoms with E-state index >= 15 is 0 Å². The molecule has 2 nitrogen and oxygen atoms in total. The van der Waals surface area contributed by atoms with Crippen LogP contribution in [0.1, 0.15) is 47.0 Å². The van der Waals surface area contributed by atoms with Gasteiger partial charge in [0.05, 0.1) is 6.61 Å². The van der Waals surface area contributed by atoms with Crippen molar-refractivity contribution in [2.24, 2.45) is 5.92 Å². The van der Waals surface area contributed by atoms with Gasteiger partial charge < -0.3 is 10.1 Å². The van der Waals surface area contributed by atoms with E-state index in [-0.39, 0.29) is 0 Å². The highest BCUT2D eigenvalue weighted by molar-refractivity contribution is 7.12. The van der Waals surface area contributed by atoms with Crippen molar-refractivity contribution in [3.05, 3.63) is 21.4 Å². The van der Waals surface area contributed by atoms with E-state index in [1.165, 1.54) is 38.5 Å². The smallest absolute Gasteiger partial charge is 0.0512 e. The van der Waals surface area contributed by atoms with Crippen LogP contribution in [0.3, 0.4) is 0 Å². The lowest BCUT2D eigenvalue weighted by Crippen LogP contribution is -2.30. The summed E-state index contributed by atoms with van der Waals surface area (Å²) in [5.74, 6) is 0.656. The van der Waals surface area contributed by atoms with Crippen molar-refractivity contribution in [2.45, 2.75) is 44.6 Å². The number of thiophene rings is 1. The van der Waals surface area contributed by atoms with Gasteiger partial charge in [0.25, 0.3) is 0 Å². The zero-order valence-corrected chi connectivity index (χ0v) is 12.0. The Kier molecular flexibility index (Phi) is 4.02. The highest BCUT2D eigenvalue weighted by atomic mass is 32.1. The van der Waals surface area contributed by atoms with Crippen molar-refractivity contribution in [3.8, 4) is 0 Å². The van der Waals surface area contributed by atoms with Crippen LogP contribution in [0.2, 0.25) is 0 Å². The van der Waals surface area contributed by atoms with Gasteiger partial charge in [0.1, 0.15) is 0 Å². The number of hydrogen-bond donors (Lipinski definition) is 1. The zero-order valence-electron chi connectivity index (χ0n) is 11.2. The molecule has 1 aromatic heterocycles. The summed E-state index contributed by atoms with van der Waals surface area (Å²) in [6.07, 6.45) is 7.87. The van der Waals surface area contributed by atoms with Gasteiger partial charge in [0, 0.05) is 28.3 Å². The van der Waals surface area contributed by atoms with Crippen LogP contribution in [0.4, 0.5) is 0 Å². The molecule has 0 spiro atoms. The first-order valence-corrected chi connectivity index (χ1v) is 8.06. The standard InChI is InChI=1S/C15H23NOS/c1-16-15(12-6-4-8-17-10-12)14-9-11-5-2-3-7-13(11)18-14/h9,12,15-16H,2-8,10H2,1H3. The average Bonchev–Trinajstić information content (AvgIpc) is 2.84. The van der Waals surface area contributed by atoms with E-state index < -0.39 is 0 Å². The third-order valence-electron chi connectivity index (χ3n) is 4.30. The Morgan fingerprint density at radius 1 is 1.33 bits per heavy atom. The fraction of sp³-hybridized carbons (Fsp3) is 0.733. The van der Waals surface area contributed by atoms with Crippen molar-refractivity contribution in [2.75, 3.05) is 20.3 Å². The number of fused-ring (bicyclic) bond motifs is 1. The van der Waals surface area contributed by atoms with Gasteiger partial charge in [-0.2, -0.15) is 0 Å². The molecule has 1 aromatic rings. The maximum atomic E-state index is 5.65. The second-order valence-corrected chi connectivity index (χ2v) is 6.72.